The summed E-state index contributed by atoms with van der Waals surface area (Å²) in [7, 11) is 0. The lowest BCUT2D eigenvalue weighted by Gasteiger charge is -2.26. The number of aliphatic hydroxyl groups is 2. The molecule has 1 aromatic carbocycles. The molecular formula is C12H16FNO2. The number of benzene rings is 1. The van der Waals surface area contributed by atoms with Gasteiger partial charge >= 0.3 is 0 Å². The lowest BCUT2D eigenvalue weighted by Crippen LogP contribution is -2.30. The molecule has 0 heterocycles. The number of aliphatic hydroxyl groups excluding tert-OH is 2. The molecule has 0 radical (unpaired) electrons. The number of nitrogens with zero attached hydrogens (tertiary/aromatic N) is 1. The molecule has 0 atom stereocenters. The van der Waals surface area contributed by atoms with Crippen molar-refractivity contribution in [3.05, 3.63) is 29.6 Å². The topological polar surface area (TPSA) is 43.7 Å². The molecule has 16 heavy (non-hydrogen) atoms. The average Bonchev–Trinajstić information content (AvgIpc) is 3.10. The van der Waals surface area contributed by atoms with E-state index in [1.807, 2.05) is 4.90 Å². The fourth-order valence-corrected chi connectivity index (χ4v) is 1.98. The van der Waals surface area contributed by atoms with Crippen LogP contribution in [0.25, 0.3) is 0 Å². The van der Waals surface area contributed by atoms with Crippen LogP contribution in [0, 0.1) is 5.82 Å². The zero-order valence-corrected chi connectivity index (χ0v) is 9.06. The van der Waals surface area contributed by atoms with Crippen LogP contribution in [0.2, 0.25) is 0 Å². The molecule has 2 rings (SSSR count). The first-order chi connectivity index (χ1) is 7.77. The molecule has 1 saturated carbocycles. The Balaban J connectivity index is 2.34. The molecule has 0 bridgehead atoms. The fourth-order valence-electron chi connectivity index (χ4n) is 1.98. The van der Waals surface area contributed by atoms with Crippen LogP contribution in [0.3, 0.4) is 0 Å². The van der Waals surface area contributed by atoms with Gasteiger partial charge in [0.2, 0.25) is 0 Å². The van der Waals surface area contributed by atoms with Gasteiger partial charge in [0.15, 0.2) is 0 Å². The van der Waals surface area contributed by atoms with E-state index in [1.165, 1.54) is 6.07 Å². The van der Waals surface area contributed by atoms with Crippen molar-refractivity contribution in [1.29, 1.82) is 0 Å². The smallest absolute Gasteiger partial charge is 0.146 e. The van der Waals surface area contributed by atoms with Crippen LogP contribution in [-0.2, 0) is 6.61 Å². The molecule has 1 fully saturated rings. The summed E-state index contributed by atoms with van der Waals surface area (Å²) in [6.45, 7) is 0.232. The third-order valence-corrected chi connectivity index (χ3v) is 2.86. The summed E-state index contributed by atoms with van der Waals surface area (Å²) in [5.74, 6) is -0.327. The van der Waals surface area contributed by atoms with Crippen molar-refractivity contribution in [3.63, 3.8) is 0 Å². The van der Waals surface area contributed by atoms with Crippen LogP contribution in [0.1, 0.15) is 18.4 Å². The lowest BCUT2D eigenvalue weighted by molar-refractivity contribution is 0.279. The average molecular weight is 225 g/mol. The number of rotatable bonds is 5. The maximum atomic E-state index is 13.8. The van der Waals surface area contributed by atoms with Gasteiger partial charge in [-0.2, -0.15) is 0 Å². The molecule has 3 nitrogen and oxygen atoms in total. The molecular weight excluding hydrogens is 209 g/mol. The molecule has 0 aliphatic heterocycles. The Labute approximate surface area is 94.1 Å². The summed E-state index contributed by atoms with van der Waals surface area (Å²) in [6, 6.07) is 5.01. The van der Waals surface area contributed by atoms with E-state index in [0.29, 0.717) is 23.8 Å². The van der Waals surface area contributed by atoms with Crippen molar-refractivity contribution in [3.8, 4) is 0 Å². The van der Waals surface area contributed by atoms with Gasteiger partial charge in [-0.1, -0.05) is 12.1 Å². The second-order valence-corrected chi connectivity index (χ2v) is 4.05. The standard InChI is InChI=1S/C12H16FNO2/c13-11-3-1-2-9(8-16)12(11)14(6-7-15)10-4-5-10/h1-3,10,15-16H,4-8H2. The van der Waals surface area contributed by atoms with E-state index in [1.54, 1.807) is 12.1 Å². The van der Waals surface area contributed by atoms with Gasteiger partial charge in [-0.05, 0) is 18.9 Å². The highest BCUT2D eigenvalue weighted by Gasteiger charge is 2.31. The third kappa shape index (κ3) is 2.18. The minimum atomic E-state index is -0.327. The van der Waals surface area contributed by atoms with E-state index in [-0.39, 0.29) is 19.0 Å². The molecule has 1 aliphatic rings. The minimum Gasteiger partial charge on any atom is -0.395 e. The van der Waals surface area contributed by atoms with E-state index in [4.69, 9.17) is 5.11 Å². The highest BCUT2D eigenvalue weighted by atomic mass is 19.1. The van der Waals surface area contributed by atoms with Gasteiger partial charge < -0.3 is 15.1 Å². The van der Waals surface area contributed by atoms with Gasteiger partial charge in [0.1, 0.15) is 5.82 Å². The van der Waals surface area contributed by atoms with Gasteiger partial charge in [0.05, 0.1) is 18.9 Å². The number of halogens is 1. The second kappa shape index (κ2) is 4.80. The van der Waals surface area contributed by atoms with Crippen molar-refractivity contribution in [1.82, 2.24) is 0 Å². The Morgan fingerprint density at radius 3 is 2.62 bits per heavy atom. The number of anilines is 1. The second-order valence-electron chi connectivity index (χ2n) is 4.05. The Morgan fingerprint density at radius 2 is 2.06 bits per heavy atom. The summed E-state index contributed by atoms with van der Waals surface area (Å²) in [6.07, 6.45) is 2.05. The summed E-state index contributed by atoms with van der Waals surface area (Å²) in [5.41, 5.74) is 1.03. The van der Waals surface area contributed by atoms with E-state index >= 15 is 0 Å². The van der Waals surface area contributed by atoms with E-state index in [9.17, 15) is 9.50 Å². The SMILES string of the molecule is OCCN(c1c(F)cccc1CO)C1CC1. The summed E-state index contributed by atoms with van der Waals surface area (Å²) < 4.78 is 13.8. The number of hydrogen-bond donors (Lipinski definition) is 2. The molecule has 1 aliphatic carbocycles. The van der Waals surface area contributed by atoms with Gasteiger partial charge in [-0.25, -0.2) is 4.39 Å². The zero-order valence-electron chi connectivity index (χ0n) is 9.06. The Kier molecular flexibility index (Phi) is 3.41. The van der Waals surface area contributed by atoms with Crippen molar-refractivity contribution in [2.24, 2.45) is 0 Å². The van der Waals surface area contributed by atoms with Crippen molar-refractivity contribution in [2.45, 2.75) is 25.5 Å². The zero-order chi connectivity index (χ0) is 11.5. The minimum absolute atomic E-state index is 0.00426. The van der Waals surface area contributed by atoms with Gasteiger partial charge in [0.25, 0.3) is 0 Å². The van der Waals surface area contributed by atoms with Crippen LogP contribution < -0.4 is 4.90 Å². The summed E-state index contributed by atoms with van der Waals surface area (Å²) in [5, 5.41) is 18.2. The van der Waals surface area contributed by atoms with Gasteiger partial charge in [-0.15, -0.1) is 0 Å². The molecule has 0 aromatic heterocycles. The van der Waals surface area contributed by atoms with Crippen LogP contribution in [0.15, 0.2) is 18.2 Å². The third-order valence-electron chi connectivity index (χ3n) is 2.86. The molecule has 2 N–H and O–H groups in total. The number of para-hydroxylation sites is 1. The highest BCUT2D eigenvalue weighted by Crippen LogP contribution is 2.35. The lowest BCUT2D eigenvalue weighted by atomic mass is 10.1. The first-order valence-electron chi connectivity index (χ1n) is 5.53. The van der Waals surface area contributed by atoms with E-state index in [2.05, 4.69) is 0 Å². The maximum absolute atomic E-state index is 13.8. The normalized spacial score (nSPS) is 15.2. The van der Waals surface area contributed by atoms with Crippen LogP contribution in [0.5, 0.6) is 0 Å². The maximum Gasteiger partial charge on any atom is 0.146 e. The fraction of sp³-hybridized carbons (Fsp3) is 0.500. The van der Waals surface area contributed by atoms with Crippen molar-refractivity contribution < 1.29 is 14.6 Å². The first-order valence-corrected chi connectivity index (χ1v) is 5.53. The molecule has 0 spiro atoms. The molecule has 0 amide bonds. The predicted molar refractivity (Wildman–Crippen MR) is 59.8 cm³/mol. The molecule has 0 saturated heterocycles. The number of hydrogen-bond acceptors (Lipinski definition) is 3. The Bertz CT molecular complexity index is 366. The molecule has 0 unspecified atom stereocenters. The molecule has 4 heteroatoms. The Hall–Kier alpha value is -1.13. The summed E-state index contributed by atoms with van der Waals surface area (Å²) >= 11 is 0. The van der Waals surface area contributed by atoms with E-state index < -0.39 is 0 Å². The quantitative estimate of drug-likeness (QED) is 0.793. The largest absolute Gasteiger partial charge is 0.395 e. The molecule has 88 valence electrons. The van der Waals surface area contributed by atoms with Crippen LogP contribution in [-0.4, -0.2) is 29.4 Å². The van der Waals surface area contributed by atoms with E-state index in [0.717, 1.165) is 12.8 Å². The van der Waals surface area contributed by atoms with Crippen molar-refractivity contribution in [2.75, 3.05) is 18.1 Å². The molecule has 1 aromatic rings. The van der Waals surface area contributed by atoms with Crippen molar-refractivity contribution >= 4 is 5.69 Å². The summed E-state index contributed by atoms with van der Waals surface area (Å²) in [4.78, 5) is 1.86. The Morgan fingerprint density at radius 1 is 1.31 bits per heavy atom. The van der Waals surface area contributed by atoms with Gasteiger partial charge in [-0.3, -0.25) is 0 Å². The highest BCUT2D eigenvalue weighted by molar-refractivity contribution is 5.56. The van der Waals surface area contributed by atoms with Crippen LogP contribution >= 0.6 is 0 Å². The monoisotopic (exact) mass is 225 g/mol. The first kappa shape index (κ1) is 11.4. The van der Waals surface area contributed by atoms with Gasteiger partial charge in [0, 0.05) is 18.2 Å². The predicted octanol–water partition coefficient (Wildman–Crippen LogP) is 1.28. The van der Waals surface area contributed by atoms with Crippen LogP contribution in [0.4, 0.5) is 10.1 Å².